The van der Waals surface area contributed by atoms with E-state index in [0.29, 0.717) is 17.9 Å². The highest BCUT2D eigenvalue weighted by atomic mass is 16.5. The zero-order valence-corrected chi connectivity index (χ0v) is 11.2. The van der Waals surface area contributed by atoms with Crippen molar-refractivity contribution < 1.29 is 14.6 Å². The molecular weight excluding hydrogens is 244 g/mol. The number of nitrogens with zero attached hydrogens (tertiary/aromatic N) is 2. The molecule has 102 valence electrons. The van der Waals surface area contributed by atoms with Gasteiger partial charge in [0.05, 0.1) is 18.2 Å². The molecule has 0 aliphatic carbocycles. The minimum Gasteiger partial charge on any atom is -0.484 e. The molecule has 0 bridgehead atoms. The number of aliphatic hydroxyl groups excluding tert-OH is 1. The van der Waals surface area contributed by atoms with Gasteiger partial charge in [0, 0.05) is 12.6 Å². The SMILES string of the molecule is CC(C)N(CCO)C(=O)COc1ccc(C#N)cc1. The number of amides is 1. The molecule has 1 aromatic rings. The zero-order chi connectivity index (χ0) is 14.3. The van der Waals surface area contributed by atoms with Gasteiger partial charge in [-0.1, -0.05) is 0 Å². The average Bonchev–Trinajstić information content (AvgIpc) is 2.42. The normalized spacial score (nSPS) is 10.1. The number of rotatable bonds is 6. The molecule has 19 heavy (non-hydrogen) atoms. The fourth-order valence-corrected chi connectivity index (χ4v) is 1.63. The maximum Gasteiger partial charge on any atom is 0.260 e. The van der Waals surface area contributed by atoms with E-state index < -0.39 is 0 Å². The van der Waals surface area contributed by atoms with Gasteiger partial charge in [-0.25, -0.2) is 0 Å². The van der Waals surface area contributed by atoms with Crippen LogP contribution < -0.4 is 4.74 Å². The number of ether oxygens (including phenoxy) is 1. The fourth-order valence-electron chi connectivity index (χ4n) is 1.63. The lowest BCUT2D eigenvalue weighted by atomic mass is 10.2. The highest BCUT2D eigenvalue weighted by Crippen LogP contribution is 2.11. The van der Waals surface area contributed by atoms with E-state index in [9.17, 15) is 4.79 Å². The molecule has 1 rings (SSSR count). The molecule has 0 fully saturated rings. The van der Waals surface area contributed by atoms with Gasteiger partial charge in [0.2, 0.25) is 0 Å². The largest absolute Gasteiger partial charge is 0.484 e. The van der Waals surface area contributed by atoms with Crippen LogP contribution in [0.3, 0.4) is 0 Å². The van der Waals surface area contributed by atoms with Crippen LogP contribution in [0.2, 0.25) is 0 Å². The summed E-state index contributed by atoms with van der Waals surface area (Å²) >= 11 is 0. The summed E-state index contributed by atoms with van der Waals surface area (Å²) in [5, 5.41) is 17.6. The van der Waals surface area contributed by atoms with Crippen molar-refractivity contribution in [3.8, 4) is 11.8 Å². The zero-order valence-electron chi connectivity index (χ0n) is 11.2. The second-order valence-corrected chi connectivity index (χ2v) is 4.33. The molecule has 0 saturated heterocycles. The summed E-state index contributed by atoms with van der Waals surface area (Å²) in [7, 11) is 0. The fraction of sp³-hybridized carbons (Fsp3) is 0.429. The van der Waals surface area contributed by atoms with Crippen molar-refractivity contribution in [3.05, 3.63) is 29.8 Å². The predicted octanol–water partition coefficient (Wildman–Crippen LogP) is 1.17. The Kier molecular flexibility index (Phi) is 5.83. The van der Waals surface area contributed by atoms with Crippen LogP contribution in [-0.2, 0) is 4.79 Å². The van der Waals surface area contributed by atoms with Gasteiger partial charge in [-0.15, -0.1) is 0 Å². The van der Waals surface area contributed by atoms with Gasteiger partial charge >= 0.3 is 0 Å². The van der Waals surface area contributed by atoms with Crippen LogP contribution in [0, 0.1) is 11.3 Å². The molecule has 0 saturated carbocycles. The van der Waals surface area contributed by atoms with Crippen LogP contribution >= 0.6 is 0 Å². The summed E-state index contributed by atoms with van der Waals surface area (Å²) in [6.07, 6.45) is 0. The van der Waals surface area contributed by atoms with Crippen LogP contribution in [0.4, 0.5) is 0 Å². The van der Waals surface area contributed by atoms with Crippen molar-refractivity contribution in [2.75, 3.05) is 19.8 Å². The Balaban J connectivity index is 2.54. The molecule has 0 aliphatic heterocycles. The number of carbonyl (C=O) groups excluding carboxylic acids is 1. The molecule has 0 unspecified atom stereocenters. The summed E-state index contributed by atoms with van der Waals surface area (Å²) in [5.74, 6) is 0.369. The topological polar surface area (TPSA) is 73.6 Å². The molecule has 1 amide bonds. The third-order valence-electron chi connectivity index (χ3n) is 2.63. The Bertz CT molecular complexity index is 449. The first kappa shape index (κ1) is 15.0. The molecule has 0 atom stereocenters. The number of carbonyl (C=O) groups is 1. The summed E-state index contributed by atoms with van der Waals surface area (Å²) in [6.45, 7) is 3.92. The first-order chi connectivity index (χ1) is 9.08. The Hall–Kier alpha value is -2.06. The van der Waals surface area contributed by atoms with Crippen LogP contribution in [-0.4, -0.2) is 41.7 Å². The molecule has 5 nitrogen and oxygen atoms in total. The summed E-state index contributed by atoms with van der Waals surface area (Å²) in [4.78, 5) is 13.5. The maximum atomic E-state index is 11.9. The first-order valence-electron chi connectivity index (χ1n) is 6.11. The Morgan fingerprint density at radius 1 is 1.42 bits per heavy atom. The Morgan fingerprint density at radius 3 is 2.53 bits per heavy atom. The Morgan fingerprint density at radius 2 is 2.05 bits per heavy atom. The predicted molar refractivity (Wildman–Crippen MR) is 70.6 cm³/mol. The van der Waals surface area contributed by atoms with Crippen molar-refractivity contribution in [1.29, 1.82) is 5.26 Å². The van der Waals surface area contributed by atoms with Gasteiger partial charge in [-0.05, 0) is 38.1 Å². The number of hydrogen-bond donors (Lipinski definition) is 1. The lowest BCUT2D eigenvalue weighted by Crippen LogP contribution is -2.41. The van der Waals surface area contributed by atoms with E-state index >= 15 is 0 Å². The van der Waals surface area contributed by atoms with Gasteiger partial charge in [-0.3, -0.25) is 4.79 Å². The lowest BCUT2D eigenvalue weighted by Gasteiger charge is -2.25. The summed E-state index contributed by atoms with van der Waals surface area (Å²) in [5.41, 5.74) is 0.544. The number of benzene rings is 1. The molecule has 0 aliphatic rings. The molecule has 1 aromatic carbocycles. The van der Waals surface area contributed by atoms with Crippen molar-refractivity contribution in [2.24, 2.45) is 0 Å². The van der Waals surface area contributed by atoms with Gasteiger partial charge in [0.25, 0.3) is 5.91 Å². The van der Waals surface area contributed by atoms with Gasteiger partial charge < -0.3 is 14.7 Å². The molecule has 0 heterocycles. The van der Waals surface area contributed by atoms with E-state index in [1.54, 1.807) is 29.2 Å². The van der Waals surface area contributed by atoms with Crippen LogP contribution in [0.15, 0.2) is 24.3 Å². The molecular formula is C14H18N2O3. The van der Waals surface area contributed by atoms with Crippen LogP contribution in [0.1, 0.15) is 19.4 Å². The second-order valence-electron chi connectivity index (χ2n) is 4.33. The summed E-state index contributed by atoms with van der Waals surface area (Å²) in [6, 6.07) is 8.59. The standard InChI is InChI=1S/C14H18N2O3/c1-11(2)16(7-8-17)14(18)10-19-13-5-3-12(9-15)4-6-13/h3-6,11,17H,7-8,10H2,1-2H3. The van der Waals surface area contributed by atoms with Gasteiger partial charge in [0.15, 0.2) is 6.61 Å². The number of hydrogen-bond acceptors (Lipinski definition) is 4. The van der Waals surface area contributed by atoms with Crippen molar-refractivity contribution in [2.45, 2.75) is 19.9 Å². The van der Waals surface area contributed by atoms with Crippen molar-refractivity contribution in [3.63, 3.8) is 0 Å². The highest BCUT2D eigenvalue weighted by molar-refractivity contribution is 5.78. The first-order valence-corrected chi connectivity index (χ1v) is 6.11. The minimum absolute atomic E-state index is 0.0178. The maximum absolute atomic E-state index is 11.9. The quantitative estimate of drug-likeness (QED) is 0.835. The van der Waals surface area contributed by atoms with Crippen molar-refractivity contribution >= 4 is 5.91 Å². The Labute approximate surface area is 113 Å². The molecule has 1 N–H and O–H groups in total. The van der Waals surface area contributed by atoms with E-state index in [1.165, 1.54) is 0 Å². The second kappa shape index (κ2) is 7.39. The van der Waals surface area contributed by atoms with Crippen molar-refractivity contribution in [1.82, 2.24) is 4.90 Å². The van der Waals surface area contributed by atoms with Crippen LogP contribution in [0.25, 0.3) is 0 Å². The van der Waals surface area contributed by atoms with E-state index in [-0.39, 0.29) is 25.2 Å². The molecule has 5 heteroatoms. The smallest absolute Gasteiger partial charge is 0.260 e. The van der Waals surface area contributed by atoms with E-state index in [0.717, 1.165) is 0 Å². The van der Waals surface area contributed by atoms with E-state index in [2.05, 4.69) is 0 Å². The third kappa shape index (κ3) is 4.60. The lowest BCUT2D eigenvalue weighted by molar-refractivity contribution is -0.135. The average molecular weight is 262 g/mol. The number of aliphatic hydroxyl groups is 1. The van der Waals surface area contributed by atoms with Gasteiger partial charge in [-0.2, -0.15) is 5.26 Å². The van der Waals surface area contributed by atoms with E-state index in [1.807, 2.05) is 19.9 Å². The van der Waals surface area contributed by atoms with E-state index in [4.69, 9.17) is 15.1 Å². The van der Waals surface area contributed by atoms with Crippen LogP contribution in [0.5, 0.6) is 5.75 Å². The summed E-state index contributed by atoms with van der Waals surface area (Å²) < 4.78 is 5.36. The highest BCUT2D eigenvalue weighted by Gasteiger charge is 2.16. The monoisotopic (exact) mass is 262 g/mol. The molecule has 0 radical (unpaired) electrons. The van der Waals surface area contributed by atoms with Gasteiger partial charge in [0.1, 0.15) is 5.75 Å². The minimum atomic E-state index is -0.173. The molecule has 0 spiro atoms. The number of nitriles is 1. The third-order valence-corrected chi connectivity index (χ3v) is 2.63. The molecule has 0 aromatic heterocycles.